The molecule has 2 heterocycles. The molecule has 0 radical (unpaired) electrons. The molecule has 0 aliphatic carbocycles. The van der Waals surface area contributed by atoms with Gasteiger partial charge >= 0.3 is 12.1 Å². The topological polar surface area (TPSA) is 59.5 Å². The molecule has 1 aliphatic rings. The molecule has 0 saturated heterocycles. The van der Waals surface area contributed by atoms with Gasteiger partial charge in [-0.05, 0) is 67.7 Å². The summed E-state index contributed by atoms with van der Waals surface area (Å²) >= 11 is 0. The van der Waals surface area contributed by atoms with Crippen LogP contribution in [0.5, 0.6) is 0 Å². The summed E-state index contributed by atoms with van der Waals surface area (Å²) < 4.78 is 44.1. The number of esters is 1. The molecule has 35 heavy (non-hydrogen) atoms. The van der Waals surface area contributed by atoms with Crippen LogP contribution >= 0.6 is 0 Å². The summed E-state index contributed by atoms with van der Waals surface area (Å²) in [5, 5.41) is 0. The maximum absolute atomic E-state index is 13.1. The van der Waals surface area contributed by atoms with Crippen molar-refractivity contribution in [3.63, 3.8) is 0 Å². The van der Waals surface area contributed by atoms with Gasteiger partial charge in [0.05, 0.1) is 19.1 Å². The number of pyridine rings is 1. The number of carbonyl (C=O) groups is 2. The maximum Gasteiger partial charge on any atom is 0.416 e. The minimum atomic E-state index is -4.44. The Labute approximate surface area is 204 Å². The van der Waals surface area contributed by atoms with E-state index in [0.29, 0.717) is 18.5 Å². The first-order valence-corrected chi connectivity index (χ1v) is 11.8. The van der Waals surface area contributed by atoms with E-state index in [9.17, 15) is 22.8 Å². The maximum atomic E-state index is 13.1. The quantitative estimate of drug-likeness (QED) is 0.246. The van der Waals surface area contributed by atoms with E-state index in [-0.39, 0.29) is 12.3 Å². The molecule has 0 saturated carbocycles. The Morgan fingerprint density at radius 2 is 2.00 bits per heavy atom. The number of rotatable bonds is 9. The number of carbonyl (C=O) groups excluding carboxylic acids is 2. The van der Waals surface area contributed by atoms with Crippen molar-refractivity contribution in [1.29, 1.82) is 0 Å². The number of allylic oxidation sites excluding steroid dienone is 2. The van der Waals surface area contributed by atoms with Crippen molar-refractivity contribution in [3.8, 4) is 0 Å². The number of benzene rings is 1. The van der Waals surface area contributed by atoms with Gasteiger partial charge in [-0.25, -0.2) is 4.98 Å². The lowest BCUT2D eigenvalue weighted by molar-refractivity contribution is -0.141. The van der Waals surface area contributed by atoms with Crippen LogP contribution in [0.1, 0.15) is 67.3 Å². The number of nitrogens with zero attached hydrogens (tertiary/aromatic N) is 2. The van der Waals surface area contributed by atoms with Crippen molar-refractivity contribution in [2.75, 3.05) is 18.6 Å². The Balaban J connectivity index is 1.58. The fraction of sp³-hybridized carbons (Fsp3) is 0.444. The van der Waals surface area contributed by atoms with Crippen LogP contribution in [0.2, 0.25) is 0 Å². The van der Waals surface area contributed by atoms with E-state index >= 15 is 0 Å². The second-order valence-electron chi connectivity index (χ2n) is 8.76. The minimum absolute atomic E-state index is 0.000752. The van der Waals surface area contributed by atoms with Crippen LogP contribution in [-0.2, 0) is 33.3 Å². The van der Waals surface area contributed by atoms with Crippen molar-refractivity contribution in [2.45, 2.75) is 64.0 Å². The van der Waals surface area contributed by atoms with E-state index in [4.69, 9.17) is 9.72 Å². The number of ether oxygens (including phenoxy) is 1. The SMILES string of the molecule is COC(=O)CC(C/C=C/CCCc1ccc2c(n1)N(C(C)=O)CCC2)c1cccc(C(F)(F)F)c1. The van der Waals surface area contributed by atoms with Crippen LogP contribution in [-0.4, -0.2) is 30.5 Å². The first kappa shape index (κ1) is 26.4. The van der Waals surface area contributed by atoms with Crippen LogP contribution in [0.25, 0.3) is 0 Å². The standard InChI is InChI=1S/C27H31F3N2O3/c1-19(33)32-16-8-11-20-14-15-24(31-26(20)32)13-6-4-3-5-9-22(18-25(34)35-2)21-10-7-12-23(17-21)27(28,29)30/h3,5,7,10,12,14-15,17,22H,4,6,8-9,11,13,16,18H2,1-2H3/b5-3+. The summed E-state index contributed by atoms with van der Waals surface area (Å²) in [6, 6.07) is 9.17. The number of aryl methyl sites for hydroxylation is 2. The van der Waals surface area contributed by atoms with Crippen LogP contribution < -0.4 is 4.90 Å². The highest BCUT2D eigenvalue weighted by atomic mass is 19.4. The molecule has 2 aromatic rings. The third kappa shape index (κ3) is 7.41. The van der Waals surface area contributed by atoms with E-state index in [1.165, 1.54) is 13.2 Å². The number of halogens is 3. The monoisotopic (exact) mass is 488 g/mol. The van der Waals surface area contributed by atoms with Crippen LogP contribution in [0.15, 0.2) is 48.6 Å². The van der Waals surface area contributed by atoms with Gasteiger partial charge in [-0.1, -0.05) is 36.4 Å². The summed E-state index contributed by atoms with van der Waals surface area (Å²) in [6.07, 6.45) is 4.12. The van der Waals surface area contributed by atoms with Crippen molar-refractivity contribution in [1.82, 2.24) is 4.98 Å². The van der Waals surface area contributed by atoms with Gasteiger partial charge in [-0.2, -0.15) is 13.2 Å². The number of aromatic nitrogens is 1. The van der Waals surface area contributed by atoms with Gasteiger partial charge in [0.2, 0.25) is 5.91 Å². The highest BCUT2D eigenvalue weighted by molar-refractivity contribution is 5.91. The zero-order chi connectivity index (χ0) is 25.4. The van der Waals surface area contributed by atoms with E-state index in [0.717, 1.165) is 61.3 Å². The third-order valence-electron chi connectivity index (χ3n) is 6.19. The number of methoxy groups -OCH3 is 1. The average molecular weight is 489 g/mol. The van der Waals surface area contributed by atoms with Crippen LogP contribution in [0.4, 0.5) is 19.0 Å². The van der Waals surface area contributed by atoms with E-state index < -0.39 is 23.6 Å². The molecule has 3 rings (SSSR count). The van der Waals surface area contributed by atoms with Crippen molar-refractivity contribution >= 4 is 17.7 Å². The lowest BCUT2D eigenvalue weighted by Crippen LogP contribution is -2.34. The number of unbranched alkanes of at least 4 members (excludes halogenated alkanes) is 1. The molecule has 5 nitrogen and oxygen atoms in total. The predicted molar refractivity (Wildman–Crippen MR) is 128 cm³/mol. The molecule has 1 aliphatic heterocycles. The zero-order valence-electron chi connectivity index (χ0n) is 20.1. The summed E-state index contributed by atoms with van der Waals surface area (Å²) in [6.45, 7) is 2.25. The van der Waals surface area contributed by atoms with Gasteiger partial charge in [-0.15, -0.1) is 0 Å². The summed E-state index contributed by atoms with van der Waals surface area (Å²) in [4.78, 5) is 30.2. The third-order valence-corrected chi connectivity index (χ3v) is 6.19. The normalized spacial score (nSPS) is 14.6. The van der Waals surface area contributed by atoms with E-state index in [2.05, 4.69) is 6.07 Å². The lowest BCUT2D eigenvalue weighted by Gasteiger charge is -2.27. The molecule has 188 valence electrons. The van der Waals surface area contributed by atoms with Gasteiger partial charge in [0.1, 0.15) is 5.82 Å². The molecule has 0 N–H and O–H groups in total. The smallest absolute Gasteiger partial charge is 0.416 e. The fourth-order valence-electron chi connectivity index (χ4n) is 4.29. The Morgan fingerprint density at radius 3 is 2.71 bits per heavy atom. The molecule has 0 fully saturated rings. The fourth-order valence-corrected chi connectivity index (χ4v) is 4.29. The highest BCUT2D eigenvalue weighted by Crippen LogP contribution is 2.33. The second-order valence-corrected chi connectivity index (χ2v) is 8.76. The summed E-state index contributed by atoms with van der Waals surface area (Å²) in [7, 11) is 1.27. The number of anilines is 1. The molecule has 0 spiro atoms. The number of hydrogen-bond donors (Lipinski definition) is 0. The Hall–Kier alpha value is -3.16. The van der Waals surface area contributed by atoms with Gasteiger partial charge in [0.15, 0.2) is 0 Å². The van der Waals surface area contributed by atoms with E-state index in [1.807, 2.05) is 18.2 Å². The van der Waals surface area contributed by atoms with Gasteiger partial charge in [0.25, 0.3) is 0 Å². The molecule has 1 aromatic heterocycles. The first-order valence-electron chi connectivity index (χ1n) is 11.8. The molecule has 0 bridgehead atoms. The summed E-state index contributed by atoms with van der Waals surface area (Å²) in [5.74, 6) is -0.0934. The average Bonchev–Trinajstić information content (AvgIpc) is 2.84. The summed E-state index contributed by atoms with van der Waals surface area (Å²) in [5.41, 5.74) is 1.76. The van der Waals surface area contributed by atoms with E-state index in [1.54, 1.807) is 17.9 Å². The van der Waals surface area contributed by atoms with Crippen molar-refractivity contribution in [2.24, 2.45) is 0 Å². The largest absolute Gasteiger partial charge is 0.469 e. The zero-order valence-corrected chi connectivity index (χ0v) is 20.1. The van der Waals surface area contributed by atoms with Crippen molar-refractivity contribution in [3.05, 3.63) is 70.9 Å². The molecular weight excluding hydrogens is 457 g/mol. The molecule has 1 unspecified atom stereocenters. The lowest BCUT2D eigenvalue weighted by atomic mass is 9.91. The number of hydrogen-bond acceptors (Lipinski definition) is 4. The molecule has 1 atom stereocenters. The van der Waals surface area contributed by atoms with Gasteiger partial charge in [0, 0.05) is 19.2 Å². The Bertz CT molecular complexity index is 1070. The number of amides is 1. The van der Waals surface area contributed by atoms with Gasteiger partial charge < -0.3 is 4.74 Å². The number of fused-ring (bicyclic) bond motifs is 1. The first-order chi connectivity index (χ1) is 16.7. The van der Waals surface area contributed by atoms with Crippen LogP contribution in [0.3, 0.4) is 0 Å². The molecule has 8 heteroatoms. The van der Waals surface area contributed by atoms with Crippen LogP contribution in [0, 0.1) is 0 Å². The molecular formula is C27H31F3N2O3. The Morgan fingerprint density at radius 1 is 1.20 bits per heavy atom. The predicted octanol–water partition coefficient (Wildman–Crippen LogP) is 6.02. The van der Waals surface area contributed by atoms with Crippen molar-refractivity contribution < 1.29 is 27.5 Å². The molecule has 1 aromatic carbocycles. The molecule has 1 amide bonds. The van der Waals surface area contributed by atoms with Gasteiger partial charge in [-0.3, -0.25) is 14.5 Å². The Kier molecular flexibility index (Phi) is 9.07. The highest BCUT2D eigenvalue weighted by Gasteiger charge is 2.31. The number of alkyl halides is 3. The minimum Gasteiger partial charge on any atom is -0.469 e. The second kappa shape index (κ2) is 12.0.